The molecule has 58 valence electrons. The first kappa shape index (κ1) is 8.32. The lowest BCUT2D eigenvalue weighted by Crippen LogP contribution is -2.21. The molecule has 1 aromatic rings. The third-order valence-electron chi connectivity index (χ3n) is 1.42. The Bertz CT molecular complexity index is 233. The molecule has 0 saturated carbocycles. The van der Waals surface area contributed by atoms with Crippen LogP contribution >= 0.6 is 11.3 Å². The molecule has 0 radical (unpaired) electrons. The topological polar surface area (TPSA) is 26.0 Å². The molecule has 1 rings (SSSR count). The van der Waals surface area contributed by atoms with Crippen molar-refractivity contribution in [2.45, 2.75) is 18.9 Å². The molecule has 0 aliphatic heterocycles. The second kappa shape index (κ2) is 4.17. The highest BCUT2D eigenvalue weighted by Gasteiger charge is 2.01. The fraction of sp³-hybridized carbons (Fsp3) is 0.333. The molecule has 1 atom stereocenters. The maximum atomic E-state index is 5.74. The SMILES string of the molecule is C#CCC(N)Cc1cccs1. The molecule has 0 spiro atoms. The average molecular weight is 165 g/mol. The molecular weight excluding hydrogens is 154 g/mol. The summed E-state index contributed by atoms with van der Waals surface area (Å²) in [5, 5.41) is 2.05. The summed E-state index contributed by atoms with van der Waals surface area (Å²) in [6.45, 7) is 0. The first-order chi connectivity index (χ1) is 5.33. The van der Waals surface area contributed by atoms with Crippen molar-refractivity contribution in [1.29, 1.82) is 0 Å². The Morgan fingerprint density at radius 2 is 2.55 bits per heavy atom. The van der Waals surface area contributed by atoms with Gasteiger partial charge in [0.25, 0.3) is 0 Å². The molecule has 1 nitrogen and oxygen atoms in total. The maximum Gasteiger partial charge on any atom is 0.0242 e. The largest absolute Gasteiger partial charge is 0.327 e. The van der Waals surface area contributed by atoms with Gasteiger partial charge >= 0.3 is 0 Å². The van der Waals surface area contributed by atoms with Crippen molar-refractivity contribution >= 4 is 11.3 Å². The van der Waals surface area contributed by atoms with Crippen LogP contribution in [0.15, 0.2) is 17.5 Å². The van der Waals surface area contributed by atoms with Crippen LogP contribution in [-0.2, 0) is 6.42 Å². The summed E-state index contributed by atoms with van der Waals surface area (Å²) in [7, 11) is 0. The quantitative estimate of drug-likeness (QED) is 0.677. The predicted molar refractivity (Wildman–Crippen MR) is 49.4 cm³/mol. The van der Waals surface area contributed by atoms with E-state index >= 15 is 0 Å². The number of nitrogens with two attached hydrogens (primary N) is 1. The minimum atomic E-state index is 0.124. The van der Waals surface area contributed by atoms with Crippen LogP contribution in [0, 0.1) is 12.3 Å². The molecule has 0 aromatic carbocycles. The number of hydrogen-bond donors (Lipinski definition) is 1. The summed E-state index contributed by atoms with van der Waals surface area (Å²) in [4.78, 5) is 1.31. The molecule has 0 aliphatic carbocycles. The molecule has 0 amide bonds. The third-order valence-corrected chi connectivity index (χ3v) is 2.32. The third kappa shape index (κ3) is 2.75. The van der Waals surface area contributed by atoms with Gasteiger partial charge in [0.2, 0.25) is 0 Å². The van der Waals surface area contributed by atoms with Gasteiger partial charge in [-0.05, 0) is 17.9 Å². The van der Waals surface area contributed by atoms with E-state index in [9.17, 15) is 0 Å². The van der Waals surface area contributed by atoms with Gasteiger partial charge < -0.3 is 5.73 Å². The summed E-state index contributed by atoms with van der Waals surface area (Å²) in [6, 6.07) is 4.24. The second-order valence-electron chi connectivity index (χ2n) is 2.45. The fourth-order valence-corrected chi connectivity index (χ4v) is 1.71. The zero-order valence-corrected chi connectivity index (χ0v) is 7.10. The van der Waals surface area contributed by atoms with E-state index in [1.807, 2.05) is 6.07 Å². The summed E-state index contributed by atoms with van der Waals surface area (Å²) >= 11 is 1.73. The van der Waals surface area contributed by atoms with Crippen LogP contribution in [0.25, 0.3) is 0 Å². The molecule has 1 unspecified atom stereocenters. The fourth-order valence-electron chi connectivity index (χ4n) is 0.911. The van der Waals surface area contributed by atoms with Crippen LogP contribution in [0.5, 0.6) is 0 Å². The number of hydrogen-bond acceptors (Lipinski definition) is 2. The van der Waals surface area contributed by atoms with Gasteiger partial charge in [-0.2, -0.15) is 0 Å². The Hall–Kier alpha value is -0.780. The standard InChI is InChI=1S/C9H11NS/c1-2-4-8(10)7-9-5-3-6-11-9/h1,3,5-6,8H,4,7,10H2. The highest BCUT2D eigenvalue weighted by molar-refractivity contribution is 7.09. The summed E-state index contributed by atoms with van der Waals surface area (Å²) in [5.74, 6) is 2.56. The number of thiophene rings is 1. The zero-order valence-electron chi connectivity index (χ0n) is 6.29. The first-order valence-corrected chi connectivity index (χ1v) is 4.42. The van der Waals surface area contributed by atoms with E-state index < -0.39 is 0 Å². The first-order valence-electron chi connectivity index (χ1n) is 3.54. The maximum absolute atomic E-state index is 5.74. The van der Waals surface area contributed by atoms with Crippen molar-refractivity contribution in [3.8, 4) is 12.3 Å². The minimum Gasteiger partial charge on any atom is -0.327 e. The lowest BCUT2D eigenvalue weighted by molar-refractivity contribution is 0.696. The zero-order chi connectivity index (χ0) is 8.10. The van der Waals surface area contributed by atoms with Gasteiger partial charge in [0.05, 0.1) is 0 Å². The van der Waals surface area contributed by atoms with E-state index in [0.29, 0.717) is 6.42 Å². The van der Waals surface area contributed by atoms with Gasteiger partial charge in [-0.1, -0.05) is 6.07 Å². The molecule has 2 N–H and O–H groups in total. The van der Waals surface area contributed by atoms with E-state index in [0.717, 1.165) is 6.42 Å². The van der Waals surface area contributed by atoms with Crippen molar-refractivity contribution in [2.24, 2.45) is 5.73 Å². The van der Waals surface area contributed by atoms with Gasteiger partial charge in [0, 0.05) is 17.3 Å². The normalized spacial score (nSPS) is 12.4. The van der Waals surface area contributed by atoms with Crippen LogP contribution in [0.3, 0.4) is 0 Å². The second-order valence-corrected chi connectivity index (χ2v) is 3.48. The highest BCUT2D eigenvalue weighted by atomic mass is 32.1. The monoisotopic (exact) mass is 165 g/mol. The minimum absolute atomic E-state index is 0.124. The van der Waals surface area contributed by atoms with Crippen LogP contribution in [0.1, 0.15) is 11.3 Å². The Morgan fingerprint density at radius 1 is 1.73 bits per heavy atom. The molecule has 11 heavy (non-hydrogen) atoms. The van der Waals surface area contributed by atoms with Crippen molar-refractivity contribution in [3.63, 3.8) is 0 Å². The van der Waals surface area contributed by atoms with E-state index in [4.69, 9.17) is 12.2 Å². The summed E-state index contributed by atoms with van der Waals surface area (Å²) in [6.07, 6.45) is 6.70. The molecule has 1 heterocycles. The molecular formula is C9H11NS. The van der Waals surface area contributed by atoms with E-state index in [1.165, 1.54) is 4.88 Å². The van der Waals surface area contributed by atoms with Gasteiger partial charge in [0.15, 0.2) is 0 Å². The predicted octanol–water partition coefficient (Wildman–Crippen LogP) is 1.64. The summed E-state index contributed by atoms with van der Waals surface area (Å²) < 4.78 is 0. The van der Waals surface area contributed by atoms with Crippen molar-refractivity contribution in [2.75, 3.05) is 0 Å². The molecule has 2 heteroatoms. The lowest BCUT2D eigenvalue weighted by Gasteiger charge is -2.04. The van der Waals surface area contributed by atoms with Crippen molar-refractivity contribution < 1.29 is 0 Å². The van der Waals surface area contributed by atoms with Crippen LogP contribution in [0.4, 0.5) is 0 Å². The van der Waals surface area contributed by atoms with Gasteiger partial charge in [-0.15, -0.1) is 23.7 Å². The van der Waals surface area contributed by atoms with E-state index in [1.54, 1.807) is 11.3 Å². The Kier molecular flexibility index (Phi) is 3.15. The van der Waals surface area contributed by atoms with Gasteiger partial charge in [0.1, 0.15) is 0 Å². The Labute approximate surface area is 71.2 Å². The molecule has 0 aliphatic rings. The Morgan fingerprint density at radius 3 is 3.09 bits per heavy atom. The Balaban J connectivity index is 2.38. The molecule has 0 saturated heterocycles. The van der Waals surface area contributed by atoms with Crippen molar-refractivity contribution in [3.05, 3.63) is 22.4 Å². The van der Waals surface area contributed by atoms with Crippen LogP contribution in [0.2, 0.25) is 0 Å². The van der Waals surface area contributed by atoms with E-state index in [-0.39, 0.29) is 6.04 Å². The molecule has 1 aromatic heterocycles. The van der Waals surface area contributed by atoms with E-state index in [2.05, 4.69) is 17.4 Å². The molecule has 0 bridgehead atoms. The van der Waals surface area contributed by atoms with Gasteiger partial charge in [-0.3, -0.25) is 0 Å². The number of terminal acetylenes is 1. The summed E-state index contributed by atoms with van der Waals surface area (Å²) in [5.41, 5.74) is 5.74. The smallest absolute Gasteiger partial charge is 0.0242 e. The average Bonchev–Trinajstić information content (AvgIpc) is 2.40. The molecule has 0 fully saturated rings. The van der Waals surface area contributed by atoms with Crippen molar-refractivity contribution in [1.82, 2.24) is 0 Å². The van der Waals surface area contributed by atoms with Crippen LogP contribution in [-0.4, -0.2) is 6.04 Å². The van der Waals surface area contributed by atoms with Crippen LogP contribution < -0.4 is 5.73 Å². The lowest BCUT2D eigenvalue weighted by atomic mass is 10.1. The highest BCUT2D eigenvalue weighted by Crippen LogP contribution is 2.10. The van der Waals surface area contributed by atoms with Gasteiger partial charge in [-0.25, -0.2) is 0 Å². The number of rotatable bonds is 3.